The van der Waals surface area contributed by atoms with Crippen molar-refractivity contribution >= 4 is 27.3 Å². The van der Waals surface area contributed by atoms with Crippen molar-refractivity contribution in [2.24, 2.45) is 0 Å². The molecule has 0 aliphatic heterocycles. The molecule has 0 aliphatic rings. The fraction of sp³-hybridized carbons (Fsp3) is 0.278. The number of nitrogens with one attached hydrogen (secondary N) is 2. The van der Waals surface area contributed by atoms with E-state index in [2.05, 4.69) is 10.0 Å². The van der Waals surface area contributed by atoms with Gasteiger partial charge in [0.05, 0.1) is 12.8 Å². The summed E-state index contributed by atoms with van der Waals surface area (Å²) in [5.41, 5.74) is 1.76. The fourth-order valence-corrected chi connectivity index (χ4v) is 3.59. The normalized spacial score (nSPS) is 11.2. The van der Waals surface area contributed by atoms with E-state index < -0.39 is 10.0 Å². The molecule has 0 aliphatic carbocycles. The highest BCUT2D eigenvalue weighted by atomic mass is 32.2. The van der Waals surface area contributed by atoms with Crippen molar-refractivity contribution < 1.29 is 17.9 Å². The number of carbonyl (C=O) groups excluding carboxylic acids is 1. The van der Waals surface area contributed by atoms with Crippen LogP contribution in [-0.4, -0.2) is 21.4 Å². The molecule has 2 rings (SSSR count). The number of benzene rings is 2. The lowest BCUT2D eigenvalue weighted by molar-refractivity contribution is -0.114. The van der Waals surface area contributed by atoms with Crippen LogP contribution in [0.4, 0.5) is 11.4 Å². The number of ether oxygens (including phenoxy) is 1. The van der Waals surface area contributed by atoms with Crippen LogP contribution in [0.2, 0.25) is 0 Å². The number of hydrogen-bond donors (Lipinski definition) is 2. The van der Waals surface area contributed by atoms with Crippen LogP contribution in [0.25, 0.3) is 0 Å². The van der Waals surface area contributed by atoms with Crippen LogP contribution in [0.1, 0.15) is 32.3 Å². The van der Waals surface area contributed by atoms with E-state index in [0.29, 0.717) is 11.4 Å². The number of amides is 1. The lowest BCUT2D eigenvalue weighted by atomic mass is 10.0. The summed E-state index contributed by atoms with van der Waals surface area (Å²) < 4.78 is 33.4. The molecule has 0 fully saturated rings. The fourth-order valence-electron chi connectivity index (χ4n) is 2.34. The Labute approximate surface area is 148 Å². The van der Waals surface area contributed by atoms with Crippen LogP contribution >= 0.6 is 0 Å². The smallest absolute Gasteiger partial charge is 0.265 e. The molecule has 2 aromatic rings. The molecule has 7 heteroatoms. The van der Waals surface area contributed by atoms with Crippen molar-refractivity contribution in [3.8, 4) is 5.75 Å². The average Bonchev–Trinajstić information content (AvgIpc) is 2.53. The Morgan fingerprint density at radius 1 is 1.08 bits per heavy atom. The summed E-state index contributed by atoms with van der Waals surface area (Å²) in [5.74, 6) is 0.226. The number of methoxy groups -OCH3 is 1. The third-order valence-corrected chi connectivity index (χ3v) is 4.98. The molecule has 134 valence electrons. The maximum absolute atomic E-state index is 12.8. The lowest BCUT2D eigenvalue weighted by Gasteiger charge is -2.15. The largest absolute Gasteiger partial charge is 0.495 e. The van der Waals surface area contributed by atoms with E-state index in [9.17, 15) is 13.2 Å². The Balaban J connectivity index is 2.39. The van der Waals surface area contributed by atoms with Crippen LogP contribution in [0, 0.1) is 0 Å². The molecule has 0 saturated carbocycles. The van der Waals surface area contributed by atoms with E-state index in [1.165, 1.54) is 14.0 Å². The third kappa shape index (κ3) is 4.73. The van der Waals surface area contributed by atoms with E-state index in [-0.39, 0.29) is 22.5 Å². The Kier molecular flexibility index (Phi) is 5.69. The number of anilines is 2. The topological polar surface area (TPSA) is 84.5 Å². The molecule has 0 radical (unpaired) electrons. The van der Waals surface area contributed by atoms with E-state index in [4.69, 9.17) is 4.74 Å². The van der Waals surface area contributed by atoms with Gasteiger partial charge in [-0.25, -0.2) is 8.42 Å². The predicted molar refractivity (Wildman–Crippen MR) is 98.6 cm³/mol. The summed E-state index contributed by atoms with van der Waals surface area (Å²) in [4.78, 5) is 11.2. The summed E-state index contributed by atoms with van der Waals surface area (Å²) in [5, 5.41) is 2.62. The minimum atomic E-state index is -3.85. The monoisotopic (exact) mass is 362 g/mol. The van der Waals surface area contributed by atoms with E-state index in [0.717, 1.165) is 5.56 Å². The number of rotatable bonds is 6. The number of sulfonamides is 1. The molecule has 0 saturated heterocycles. The summed E-state index contributed by atoms with van der Waals surface area (Å²) in [6, 6.07) is 11.6. The standard InChI is InChI=1S/C18H22N2O4S/c1-12(2)14-8-9-17(24-4)18(10-14)25(22,23)20-16-7-5-6-15(11-16)19-13(3)21/h5-12,20H,1-4H3,(H,19,21). The molecular weight excluding hydrogens is 340 g/mol. The molecule has 25 heavy (non-hydrogen) atoms. The van der Waals surface area contributed by atoms with Crippen molar-refractivity contribution in [3.63, 3.8) is 0 Å². The first-order valence-electron chi connectivity index (χ1n) is 7.81. The van der Waals surface area contributed by atoms with E-state index >= 15 is 0 Å². The van der Waals surface area contributed by atoms with Crippen LogP contribution in [0.15, 0.2) is 47.4 Å². The third-order valence-electron chi connectivity index (χ3n) is 3.58. The van der Waals surface area contributed by atoms with Gasteiger partial charge in [0.1, 0.15) is 10.6 Å². The van der Waals surface area contributed by atoms with Crippen LogP contribution < -0.4 is 14.8 Å². The SMILES string of the molecule is COc1ccc(C(C)C)cc1S(=O)(=O)Nc1cccc(NC(C)=O)c1. The second-order valence-corrected chi connectivity index (χ2v) is 7.58. The number of hydrogen-bond acceptors (Lipinski definition) is 4. The predicted octanol–water partition coefficient (Wildman–Crippen LogP) is 3.58. The highest BCUT2D eigenvalue weighted by Gasteiger charge is 2.21. The van der Waals surface area contributed by atoms with Gasteiger partial charge in [-0.3, -0.25) is 9.52 Å². The van der Waals surface area contributed by atoms with Crippen molar-refractivity contribution in [2.75, 3.05) is 17.1 Å². The van der Waals surface area contributed by atoms with Crippen LogP contribution in [-0.2, 0) is 14.8 Å². The molecule has 0 unspecified atom stereocenters. The molecule has 0 heterocycles. The quantitative estimate of drug-likeness (QED) is 0.823. The first-order valence-corrected chi connectivity index (χ1v) is 9.29. The molecule has 6 nitrogen and oxygen atoms in total. The van der Waals surface area contributed by atoms with Gasteiger partial charge in [-0.2, -0.15) is 0 Å². The van der Waals surface area contributed by atoms with Gasteiger partial charge >= 0.3 is 0 Å². The van der Waals surface area contributed by atoms with Crippen LogP contribution in [0.3, 0.4) is 0 Å². The van der Waals surface area contributed by atoms with E-state index in [1.807, 2.05) is 19.9 Å². The molecule has 0 spiro atoms. The molecule has 0 aromatic heterocycles. The van der Waals surface area contributed by atoms with Gasteiger partial charge in [-0.05, 0) is 41.8 Å². The average molecular weight is 362 g/mol. The zero-order valence-corrected chi connectivity index (χ0v) is 15.5. The van der Waals surface area contributed by atoms with Gasteiger partial charge in [0.25, 0.3) is 10.0 Å². The summed E-state index contributed by atoms with van der Waals surface area (Å²) >= 11 is 0. The molecule has 2 N–H and O–H groups in total. The number of carbonyl (C=O) groups is 1. The van der Waals surface area contributed by atoms with Gasteiger partial charge < -0.3 is 10.1 Å². The first-order chi connectivity index (χ1) is 11.7. The highest BCUT2D eigenvalue weighted by molar-refractivity contribution is 7.92. The van der Waals surface area contributed by atoms with Gasteiger partial charge in [-0.15, -0.1) is 0 Å². The molecule has 0 atom stereocenters. The maximum Gasteiger partial charge on any atom is 0.265 e. The molecule has 2 aromatic carbocycles. The minimum absolute atomic E-state index is 0.0751. The summed E-state index contributed by atoms with van der Waals surface area (Å²) in [6.07, 6.45) is 0. The maximum atomic E-state index is 12.8. The Bertz CT molecular complexity index is 876. The van der Waals surface area contributed by atoms with E-state index in [1.54, 1.807) is 36.4 Å². The van der Waals surface area contributed by atoms with Crippen molar-refractivity contribution in [1.29, 1.82) is 0 Å². The van der Waals surface area contributed by atoms with Gasteiger partial charge in [0, 0.05) is 12.6 Å². The van der Waals surface area contributed by atoms with Gasteiger partial charge in [-0.1, -0.05) is 26.0 Å². The van der Waals surface area contributed by atoms with Gasteiger partial charge in [0.2, 0.25) is 5.91 Å². The zero-order chi connectivity index (χ0) is 18.6. The Morgan fingerprint density at radius 3 is 2.36 bits per heavy atom. The lowest BCUT2D eigenvalue weighted by Crippen LogP contribution is -2.15. The van der Waals surface area contributed by atoms with Crippen molar-refractivity contribution in [2.45, 2.75) is 31.6 Å². The Morgan fingerprint density at radius 2 is 1.76 bits per heavy atom. The van der Waals surface area contributed by atoms with Crippen LogP contribution in [0.5, 0.6) is 5.75 Å². The molecular formula is C18H22N2O4S. The second-order valence-electron chi connectivity index (χ2n) is 5.93. The van der Waals surface area contributed by atoms with Crippen molar-refractivity contribution in [3.05, 3.63) is 48.0 Å². The highest BCUT2D eigenvalue weighted by Crippen LogP contribution is 2.30. The summed E-state index contributed by atoms with van der Waals surface area (Å²) in [6.45, 7) is 5.37. The molecule has 1 amide bonds. The second kappa shape index (κ2) is 7.57. The Hall–Kier alpha value is -2.54. The zero-order valence-electron chi connectivity index (χ0n) is 14.7. The van der Waals surface area contributed by atoms with Crippen molar-refractivity contribution in [1.82, 2.24) is 0 Å². The molecule has 0 bridgehead atoms. The first kappa shape index (κ1) is 18.8. The summed E-state index contributed by atoms with van der Waals surface area (Å²) in [7, 11) is -2.41. The van der Waals surface area contributed by atoms with Gasteiger partial charge in [0.15, 0.2) is 0 Å². The minimum Gasteiger partial charge on any atom is -0.495 e.